The monoisotopic (exact) mass is 708 g/mol. The molecule has 3 aromatic heterocycles. The van der Waals surface area contributed by atoms with E-state index in [9.17, 15) is 0 Å². The maximum Gasteiger partial charge on any atom is 2.00 e. The van der Waals surface area contributed by atoms with Gasteiger partial charge >= 0.3 is 20.4 Å². The molecule has 0 saturated carbocycles. The number of nitrogens with zero attached hydrogens (tertiary/aromatic N) is 4. The van der Waals surface area contributed by atoms with Gasteiger partial charge in [-0.1, -0.05) is 56.6 Å². The van der Waals surface area contributed by atoms with E-state index in [1.54, 1.807) is 0 Å². The minimum Gasteiger partial charge on any atom is -0.509 e. The van der Waals surface area contributed by atoms with Gasteiger partial charge in [0.15, 0.2) is 0 Å². The Kier molecular flexibility index (Phi) is 8.47. The number of benzene rings is 4. The minimum absolute atomic E-state index is 0. The van der Waals surface area contributed by atoms with Crippen molar-refractivity contribution in [2.24, 2.45) is 0 Å². The molecule has 238 valence electrons. The Labute approximate surface area is 290 Å². The van der Waals surface area contributed by atoms with Crippen LogP contribution in [0.3, 0.4) is 0 Å². The molecule has 0 saturated heterocycles. The fraction of sp³-hybridized carbons (Fsp3) is 0.220. The van der Waals surface area contributed by atoms with Crippen LogP contribution in [-0.4, -0.2) is 19.3 Å². The second-order valence-corrected chi connectivity index (χ2v) is 13.3. The Balaban J connectivity index is 0.00000386. The fourth-order valence-electron chi connectivity index (χ4n) is 6.58. The molecule has 6 heteroatoms. The molecular weight excluding hydrogens is 671 g/mol. The van der Waals surface area contributed by atoms with Crippen LogP contribution in [0.25, 0.3) is 44.4 Å². The quantitative estimate of drug-likeness (QED) is 0.132. The van der Waals surface area contributed by atoms with Gasteiger partial charge in [-0.2, -0.15) is 17.2 Å². The van der Waals surface area contributed by atoms with Crippen molar-refractivity contribution in [2.75, 3.05) is 0 Å². The Morgan fingerprint density at radius 3 is 2.17 bits per heavy atom. The van der Waals surface area contributed by atoms with Crippen LogP contribution in [0.5, 0.6) is 11.5 Å². The van der Waals surface area contributed by atoms with Gasteiger partial charge < -0.3 is 9.30 Å². The van der Waals surface area contributed by atoms with Gasteiger partial charge in [0.25, 0.3) is 0 Å². The Hall–Kier alpha value is -4.50. The summed E-state index contributed by atoms with van der Waals surface area (Å²) in [6.45, 7) is 17.5. The summed E-state index contributed by atoms with van der Waals surface area (Å²) in [6.07, 6.45) is 1.85. The number of fused-ring (bicyclic) bond motifs is 3. The molecule has 0 radical (unpaired) electrons. The predicted molar refractivity (Wildman–Crippen MR) is 188 cm³/mol. The van der Waals surface area contributed by atoms with E-state index in [0.29, 0.717) is 11.5 Å². The SMILES string of the molecule is Cc1ccnc(-n2c3[c-]c(Oc4[c-]c(-n5nc(C)c(-c6c(C)cc(C(C)(C)C)cc6C)c5C)ccc4)ccc3c3ccccc32)c1.[Pd+2]. The zero-order chi connectivity index (χ0) is 32.3. The summed E-state index contributed by atoms with van der Waals surface area (Å²) in [4.78, 5) is 4.69. The molecule has 7 aromatic rings. The number of para-hydroxylation sites is 1. The van der Waals surface area contributed by atoms with Crippen molar-refractivity contribution >= 4 is 21.8 Å². The molecule has 47 heavy (non-hydrogen) atoms. The zero-order valence-corrected chi connectivity index (χ0v) is 29.7. The first-order valence-electron chi connectivity index (χ1n) is 15.8. The number of hydrogen-bond donors (Lipinski definition) is 0. The molecule has 0 aliphatic carbocycles. The van der Waals surface area contributed by atoms with E-state index >= 15 is 0 Å². The van der Waals surface area contributed by atoms with Gasteiger partial charge in [-0.15, -0.1) is 35.7 Å². The molecule has 5 nitrogen and oxygen atoms in total. The average Bonchev–Trinajstić information content (AvgIpc) is 3.49. The summed E-state index contributed by atoms with van der Waals surface area (Å²) in [5.74, 6) is 2.06. The van der Waals surface area contributed by atoms with E-state index in [0.717, 1.165) is 50.3 Å². The molecule has 0 N–H and O–H groups in total. The first-order chi connectivity index (χ1) is 22.0. The molecule has 7 rings (SSSR count). The third-order valence-electron chi connectivity index (χ3n) is 8.83. The molecule has 4 aromatic carbocycles. The third-order valence-corrected chi connectivity index (χ3v) is 8.83. The second-order valence-electron chi connectivity index (χ2n) is 13.3. The number of ether oxygens (including phenoxy) is 1. The standard InChI is InChI=1S/C41H38N4O.Pd/c1-25-18-19-42-38(20-25)44-36-15-10-9-14-34(36)35-17-16-33(24-37(35)44)46-32-13-11-12-31(23-32)45-29(5)40(28(4)43-45)39-26(2)21-30(22-27(39)3)41(6,7)8;/h9-22H,1-8H3;/q-2;+2. The van der Waals surface area contributed by atoms with E-state index in [2.05, 4.69) is 121 Å². The van der Waals surface area contributed by atoms with Gasteiger partial charge in [0.2, 0.25) is 0 Å². The Bertz CT molecular complexity index is 2260. The van der Waals surface area contributed by atoms with Crippen LogP contribution in [-0.2, 0) is 25.8 Å². The van der Waals surface area contributed by atoms with Crippen molar-refractivity contribution in [1.29, 1.82) is 0 Å². The first kappa shape index (κ1) is 32.4. The van der Waals surface area contributed by atoms with Crippen LogP contribution >= 0.6 is 0 Å². The van der Waals surface area contributed by atoms with Crippen LogP contribution in [0.4, 0.5) is 0 Å². The van der Waals surface area contributed by atoms with Gasteiger partial charge in [0, 0.05) is 34.5 Å². The maximum atomic E-state index is 6.42. The molecule has 0 aliphatic heterocycles. The molecule has 0 aliphatic rings. The van der Waals surface area contributed by atoms with E-state index in [1.165, 1.54) is 27.8 Å². The summed E-state index contributed by atoms with van der Waals surface area (Å²) >= 11 is 0. The van der Waals surface area contributed by atoms with Gasteiger partial charge in [-0.25, -0.2) is 4.98 Å². The van der Waals surface area contributed by atoms with Gasteiger partial charge in [0.05, 0.1) is 5.69 Å². The third kappa shape index (κ3) is 5.82. The van der Waals surface area contributed by atoms with E-state index < -0.39 is 0 Å². The molecule has 3 heterocycles. The summed E-state index contributed by atoms with van der Waals surface area (Å²) in [5, 5.41) is 7.23. The normalized spacial score (nSPS) is 11.7. The molecule has 0 atom stereocenters. The number of rotatable bonds is 5. The van der Waals surface area contributed by atoms with Crippen LogP contribution in [0, 0.1) is 46.8 Å². The molecule has 0 bridgehead atoms. The molecule has 0 amide bonds. The van der Waals surface area contributed by atoms with Crippen molar-refractivity contribution in [3.63, 3.8) is 0 Å². The smallest absolute Gasteiger partial charge is 0.509 e. The molecule has 0 unspecified atom stereocenters. The summed E-state index contributed by atoms with van der Waals surface area (Å²) in [6, 6.07) is 34.1. The minimum atomic E-state index is 0. The van der Waals surface area contributed by atoms with Crippen molar-refractivity contribution in [2.45, 2.75) is 60.8 Å². The van der Waals surface area contributed by atoms with E-state index in [-0.39, 0.29) is 25.8 Å². The van der Waals surface area contributed by atoms with Crippen LogP contribution < -0.4 is 4.74 Å². The number of aryl methyl sites for hydroxylation is 4. The summed E-state index contributed by atoms with van der Waals surface area (Å²) in [7, 11) is 0. The largest absolute Gasteiger partial charge is 2.00 e. The maximum absolute atomic E-state index is 6.42. The van der Waals surface area contributed by atoms with Crippen LogP contribution in [0.2, 0.25) is 0 Å². The second kappa shape index (κ2) is 12.3. The van der Waals surface area contributed by atoms with Crippen LogP contribution in [0.1, 0.15) is 54.4 Å². The Morgan fingerprint density at radius 2 is 1.45 bits per heavy atom. The zero-order valence-electron chi connectivity index (χ0n) is 28.1. The predicted octanol–water partition coefficient (Wildman–Crippen LogP) is 10.3. The van der Waals surface area contributed by atoms with Gasteiger partial charge in [-0.05, 0) is 97.1 Å². The fourth-order valence-corrected chi connectivity index (χ4v) is 6.58. The summed E-state index contributed by atoms with van der Waals surface area (Å²) < 4.78 is 10.5. The van der Waals surface area contributed by atoms with E-state index in [4.69, 9.17) is 14.8 Å². The average molecular weight is 709 g/mol. The van der Waals surface area contributed by atoms with Crippen molar-refractivity contribution in [3.05, 3.63) is 131 Å². The summed E-state index contributed by atoms with van der Waals surface area (Å²) in [5.41, 5.74) is 12.4. The van der Waals surface area contributed by atoms with E-state index in [1.807, 2.05) is 41.2 Å². The first-order valence-corrected chi connectivity index (χ1v) is 15.8. The number of aromatic nitrogens is 4. The molecular formula is C41H38N4OPd. The van der Waals surface area contributed by atoms with Gasteiger partial charge in [0.1, 0.15) is 5.82 Å². The number of hydrogen-bond acceptors (Lipinski definition) is 3. The topological polar surface area (TPSA) is 44.9 Å². The Morgan fingerprint density at radius 1 is 0.723 bits per heavy atom. The van der Waals surface area contributed by atoms with Crippen LogP contribution in [0.15, 0.2) is 85.1 Å². The number of pyridine rings is 1. The van der Waals surface area contributed by atoms with Gasteiger partial charge in [-0.3, -0.25) is 4.68 Å². The van der Waals surface area contributed by atoms with Crippen molar-refractivity contribution < 1.29 is 25.2 Å². The van der Waals surface area contributed by atoms with Crippen molar-refractivity contribution in [3.8, 4) is 34.1 Å². The molecule has 0 fully saturated rings. The van der Waals surface area contributed by atoms with Crippen molar-refractivity contribution in [1.82, 2.24) is 19.3 Å². The molecule has 0 spiro atoms.